The highest BCUT2D eigenvalue weighted by Gasteiger charge is 2.13. The highest BCUT2D eigenvalue weighted by atomic mass is 16.5. The van der Waals surface area contributed by atoms with Crippen molar-refractivity contribution in [1.29, 1.82) is 0 Å². The molecule has 0 spiro atoms. The van der Waals surface area contributed by atoms with Gasteiger partial charge < -0.3 is 15.6 Å². The van der Waals surface area contributed by atoms with Gasteiger partial charge >= 0.3 is 0 Å². The third-order valence-electron chi connectivity index (χ3n) is 2.42. The van der Waals surface area contributed by atoms with Crippen molar-refractivity contribution < 1.29 is 9.84 Å². The smallest absolute Gasteiger partial charge is 0.122 e. The Hall–Kier alpha value is -1.06. The van der Waals surface area contributed by atoms with Crippen LogP contribution in [0.1, 0.15) is 24.8 Å². The predicted molar refractivity (Wildman–Crippen MR) is 61.1 cm³/mol. The molecule has 0 fully saturated rings. The molecule has 0 bridgehead atoms. The lowest BCUT2D eigenvalue weighted by atomic mass is 9.95. The van der Waals surface area contributed by atoms with Gasteiger partial charge in [0.1, 0.15) is 5.75 Å². The van der Waals surface area contributed by atoms with E-state index < -0.39 is 0 Å². The lowest BCUT2D eigenvalue weighted by Gasteiger charge is -2.17. The summed E-state index contributed by atoms with van der Waals surface area (Å²) in [6.45, 7) is 3.29. The summed E-state index contributed by atoms with van der Waals surface area (Å²) >= 11 is 0. The molecule has 0 aliphatic heterocycles. The van der Waals surface area contributed by atoms with E-state index in [9.17, 15) is 0 Å². The molecule has 0 aliphatic rings. The Kier molecular flexibility index (Phi) is 5.15. The highest BCUT2D eigenvalue weighted by molar-refractivity contribution is 5.36. The first-order valence-corrected chi connectivity index (χ1v) is 5.36. The minimum absolute atomic E-state index is 0.155. The molecule has 1 aromatic carbocycles. The van der Waals surface area contributed by atoms with E-state index in [1.807, 2.05) is 31.2 Å². The van der Waals surface area contributed by atoms with Gasteiger partial charge in [0.2, 0.25) is 0 Å². The Morgan fingerprint density at radius 2 is 2.13 bits per heavy atom. The summed E-state index contributed by atoms with van der Waals surface area (Å²) in [5.41, 5.74) is 6.78. The van der Waals surface area contributed by atoms with Gasteiger partial charge in [0, 0.05) is 12.5 Å². The van der Waals surface area contributed by atoms with Crippen LogP contribution in [0, 0.1) is 0 Å². The molecule has 0 heterocycles. The molecule has 1 atom stereocenters. The Morgan fingerprint density at radius 3 is 2.73 bits per heavy atom. The molecule has 15 heavy (non-hydrogen) atoms. The SMILES string of the molecule is CCOc1ccccc1C(CN)CCO. The first-order valence-electron chi connectivity index (χ1n) is 5.36. The molecule has 1 aromatic rings. The second kappa shape index (κ2) is 6.43. The van der Waals surface area contributed by atoms with Crippen molar-refractivity contribution in [1.82, 2.24) is 0 Å². The molecule has 3 heteroatoms. The fourth-order valence-corrected chi connectivity index (χ4v) is 1.66. The molecule has 84 valence electrons. The van der Waals surface area contributed by atoms with E-state index in [-0.39, 0.29) is 12.5 Å². The average Bonchev–Trinajstić information content (AvgIpc) is 2.27. The maximum absolute atomic E-state index is 8.95. The van der Waals surface area contributed by atoms with Crippen molar-refractivity contribution in [3.63, 3.8) is 0 Å². The molecule has 0 radical (unpaired) electrons. The van der Waals surface area contributed by atoms with Gasteiger partial charge in [-0.15, -0.1) is 0 Å². The van der Waals surface area contributed by atoms with E-state index >= 15 is 0 Å². The van der Waals surface area contributed by atoms with E-state index in [1.165, 1.54) is 0 Å². The van der Waals surface area contributed by atoms with Crippen LogP contribution in [0.4, 0.5) is 0 Å². The van der Waals surface area contributed by atoms with E-state index in [0.29, 0.717) is 19.6 Å². The normalized spacial score (nSPS) is 12.5. The first-order chi connectivity index (χ1) is 7.33. The van der Waals surface area contributed by atoms with Crippen molar-refractivity contribution in [3.8, 4) is 5.75 Å². The van der Waals surface area contributed by atoms with Crippen molar-refractivity contribution in [2.45, 2.75) is 19.3 Å². The molecule has 0 saturated carbocycles. The number of rotatable bonds is 6. The van der Waals surface area contributed by atoms with Crippen molar-refractivity contribution in [2.24, 2.45) is 5.73 Å². The Labute approximate surface area is 90.9 Å². The van der Waals surface area contributed by atoms with Crippen LogP contribution in [0.15, 0.2) is 24.3 Å². The Balaban J connectivity index is 2.88. The van der Waals surface area contributed by atoms with Crippen LogP contribution in [0.25, 0.3) is 0 Å². The van der Waals surface area contributed by atoms with E-state index in [1.54, 1.807) is 0 Å². The number of aliphatic hydroxyl groups is 1. The zero-order valence-corrected chi connectivity index (χ0v) is 9.15. The van der Waals surface area contributed by atoms with Crippen molar-refractivity contribution in [2.75, 3.05) is 19.8 Å². The van der Waals surface area contributed by atoms with E-state index in [0.717, 1.165) is 11.3 Å². The van der Waals surface area contributed by atoms with Crippen LogP contribution in [0.2, 0.25) is 0 Å². The standard InChI is InChI=1S/C12H19NO2/c1-2-15-12-6-4-3-5-11(12)10(9-13)7-8-14/h3-6,10,14H,2,7-9,13H2,1H3. The third-order valence-corrected chi connectivity index (χ3v) is 2.42. The fraction of sp³-hybridized carbons (Fsp3) is 0.500. The van der Waals surface area contributed by atoms with Crippen molar-refractivity contribution in [3.05, 3.63) is 29.8 Å². The molecule has 1 rings (SSSR count). The molecule has 0 aromatic heterocycles. The quantitative estimate of drug-likeness (QED) is 0.746. The highest BCUT2D eigenvalue weighted by Crippen LogP contribution is 2.27. The third kappa shape index (κ3) is 3.22. The summed E-state index contributed by atoms with van der Waals surface area (Å²) in [7, 11) is 0. The van der Waals surface area contributed by atoms with Gasteiger partial charge in [-0.1, -0.05) is 18.2 Å². The molecule has 3 nitrogen and oxygen atoms in total. The second-order valence-electron chi connectivity index (χ2n) is 3.42. The van der Waals surface area contributed by atoms with Crippen LogP contribution in [0.5, 0.6) is 5.75 Å². The topological polar surface area (TPSA) is 55.5 Å². The van der Waals surface area contributed by atoms with Crippen LogP contribution < -0.4 is 10.5 Å². The Bertz CT molecular complexity index is 289. The van der Waals surface area contributed by atoms with Gasteiger partial charge in [0.25, 0.3) is 0 Å². The second-order valence-corrected chi connectivity index (χ2v) is 3.42. The first kappa shape index (κ1) is 12.0. The van der Waals surface area contributed by atoms with Crippen LogP contribution in [0.3, 0.4) is 0 Å². The van der Waals surface area contributed by atoms with Crippen LogP contribution in [-0.4, -0.2) is 24.9 Å². The summed E-state index contributed by atoms with van der Waals surface area (Å²) in [5, 5.41) is 8.95. The molecule has 0 saturated heterocycles. The zero-order chi connectivity index (χ0) is 11.1. The van der Waals surface area contributed by atoms with Crippen molar-refractivity contribution >= 4 is 0 Å². The molecular formula is C12H19NO2. The van der Waals surface area contributed by atoms with Gasteiger partial charge in [0.15, 0.2) is 0 Å². The minimum atomic E-state index is 0.155. The predicted octanol–water partition coefficient (Wildman–Crippen LogP) is 1.51. The summed E-state index contributed by atoms with van der Waals surface area (Å²) in [4.78, 5) is 0. The monoisotopic (exact) mass is 209 g/mol. The fourth-order valence-electron chi connectivity index (χ4n) is 1.66. The molecule has 0 amide bonds. The summed E-state index contributed by atoms with van der Waals surface area (Å²) in [6.07, 6.45) is 0.681. The number of nitrogens with two attached hydrogens (primary N) is 1. The molecule has 3 N–H and O–H groups in total. The van der Waals surface area contributed by atoms with Gasteiger partial charge in [0.05, 0.1) is 6.61 Å². The number of ether oxygens (including phenoxy) is 1. The van der Waals surface area contributed by atoms with Crippen LogP contribution in [-0.2, 0) is 0 Å². The van der Waals surface area contributed by atoms with E-state index in [4.69, 9.17) is 15.6 Å². The number of aliphatic hydroxyl groups excluding tert-OH is 1. The lowest BCUT2D eigenvalue weighted by molar-refractivity contribution is 0.273. The number of hydrogen-bond acceptors (Lipinski definition) is 3. The maximum Gasteiger partial charge on any atom is 0.122 e. The summed E-state index contributed by atoms with van der Waals surface area (Å²) in [6, 6.07) is 7.87. The number of benzene rings is 1. The number of hydrogen-bond donors (Lipinski definition) is 2. The summed E-state index contributed by atoms with van der Waals surface area (Å²) < 4.78 is 5.53. The van der Waals surface area contributed by atoms with Gasteiger partial charge in [-0.2, -0.15) is 0 Å². The van der Waals surface area contributed by atoms with E-state index in [2.05, 4.69) is 0 Å². The van der Waals surface area contributed by atoms with Gasteiger partial charge in [-0.3, -0.25) is 0 Å². The van der Waals surface area contributed by atoms with Crippen LogP contribution >= 0.6 is 0 Å². The average molecular weight is 209 g/mol. The minimum Gasteiger partial charge on any atom is -0.494 e. The Morgan fingerprint density at radius 1 is 1.40 bits per heavy atom. The zero-order valence-electron chi connectivity index (χ0n) is 9.15. The maximum atomic E-state index is 8.95. The molecule has 0 aliphatic carbocycles. The molecule has 1 unspecified atom stereocenters. The number of para-hydroxylation sites is 1. The van der Waals surface area contributed by atoms with Gasteiger partial charge in [-0.25, -0.2) is 0 Å². The summed E-state index contributed by atoms with van der Waals surface area (Å²) in [5.74, 6) is 1.06. The lowest BCUT2D eigenvalue weighted by Crippen LogP contribution is -2.15. The molecular weight excluding hydrogens is 190 g/mol. The van der Waals surface area contributed by atoms with Gasteiger partial charge in [-0.05, 0) is 31.5 Å². The largest absolute Gasteiger partial charge is 0.494 e.